The van der Waals surface area contributed by atoms with Crippen LogP contribution in [-0.2, 0) is 9.59 Å². The van der Waals surface area contributed by atoms with Crippen LogP contribution in [0.15, 0.2) is 23.8 Å². The molecule has 5 aliphatic carbocycles. The number of ketones is 2. The normalized spacial score (nSPS) is 52.4. The molecule has 0 aromatic rings. The number of fused-ring (bicyclic) bond motifs is 6. The SMILES string of the molecule is C[C@]12C=CC(=O)C=C1CC[C@@H]1[C@@H]2CC[C@@]2(C)[C@H]1CC[C@@]21CCC1=O. The van der Waals surface area contributed by atoms with Gasteiger partial charge in [0, 0.05) is 17.3 Å². The second kappa shape index (κ2) is 4.51. The van der Waals surface area contributed by atoms with Crippen LogP contribution in [-0.4, -0.2) is 11.6 Å². The Morgan fingerprint density at radius 3 is 2.46 bits per heavy atom. The summed E-state index contributed by atoms with van der Waals surface area (Å²) in [6.45, 7) is 4.81. The molecule has 2 heteroatoms. The van der Waals surface area contributed by atoms with Crippen molar-refractivity contribution in [3.8, 4) is 0 Å². The summed E-state index contributed by atoms with van der Waals surface area (Å²) in [5, 5.41) is 0. The molecule has 0 bridgehead atoms. The van der Waals surface area contributed by atoms with Crippen molar-refractivity contribution >= 4 is 11.6 Å². The van der Waals surface area contributed by atoms with Crippen molar-refractivity contribution in [1.82, 2.24) is 0 Å². The fourth-order valence-electron chi connectivity index (χ4n) is 7.73. The Hall–Kier alpha value is -1.18. The molecule has 0 saturated heterocycles. The Labute approximate surface area is 144 Å². The van der Waals surface area contributed by atoms with Crippen LogP contribution in [0.1, 0.15) is 65.2 Å². The molecular formula is C22H28O2. The van der Waals surface area contributed by atoms with Crippen molar-refractivity contribution in [3.05, 3.63) is 23.8 Å². The zero-order valence-electron chi connectivity index (χ0n) is 14.9. The molecule has 4 fully saturated rings. The Bertz CT molecular complexity index is 701. The lowest BCUT2D eigenvalue weighted by molar-refractivity contribution is -0.156. The molecule has 5 rings (SSSR count). The third-order valence-corrected chi connectivity index (χ3v) is 9.23. The van der Waals surface area contributed by atoms with E-state index in [9.17, 15) is 9.59 Å². The highest BCUT2D eigenvalue weighted by Crippen LogP contribution is 2.72. The smallest absolute Gasteiger partial charge is 0.178 e. The predicted molar refractivity (Wildman–Crippen MR) is 93.3 cm³/mol. The minimum Gasteiger partial charge on any atom is -0.299 e. The van der Waals surface area contributed by atoms with E-state index in [-0.39, 0.29) is 22.0 Å². The molecule has 0 radical (unpaired) electrons. The highest BCUT2D eigenvalue weighted by Gasteiger charge is 2.68. The molecular weight excluding hydrogens is 296 g/mol. The summed E-state index contributed by atoms with van der Waals surface area (Å²) in [4.78, 5) is 24.4. The number of rotatable bonds is 0. The summed E-state index contributed by atoms with van der Waals surface area (Å²) < 4.78 is 0. The summed E-state index contributed by atoms with van der Waals surface area (Å²) in [7, 11) is 0. The van der Waals surface area contributed by atoms with Crippen molar-refractivity contribution in [3.63, 3.8) is 0 Å². The van der Waals surface area contributed by atoms with Crippen molar-refractivity contribution in [2.24, 2.45) is 34.0 Å². The van der Waals surface area contributed by atoms with E-state index in [1.807, 2.05) is 6.08 Å². The van der Waals surface area contributed by atoms with E-state index in [1.165, 1.54) is 31.3 Å². The van der Waals surface area contributed by atoms with E-state index >= 15 is 0 Å². The van der Waals surface area contributed by atoms with Gasteiger partial charge in [-0.05, 0) is 80.3 Å². The topological polar surface area (TPSA) is 34.1 Å². The standard InChI is InChI=1S/C22H28O2/c1-20-9-5-15(23)13-14(20)3-4-16-17(20)6-10-21(2)18(16)7-11-22(21)12-8-19(22)24/h5,9,13,16-18H,3-4,6-8,10-12H2,1-2H3/t16-,17+,18+,20+,21+,22+/m1/s1. The van der Waals surface area contributed by atoms with Gasteiger partial charge in [-0.15, -0.1) is 0 Å². The van der Waals surface area contributed by atoms with Gasteiger partial charge in [-0.2, -0.15) is 0 Å². The zero-order chi connectivity index (χ0) is 16.7. The largest absolute Gasteiger partial charge is 0.299 e. The second-order valence-corrected chi connectivity index (χ2v) is 9.60. The van der Waals surface area contributed by atoms with Gasteiger partial charge in [0.1, 0.15) is 5.78 Å². The van der Waals surface area contributed by atoms with Crippen LogP contribution in [0.25, 0.3) is 0 Å². The highest BCUT2D eigenvalue weighted by molar-refractivity contribution is 6.01. The molecule has 1 spiro atoms. The third-order valence-electron chi connectivity index (χ3n) is 9.23. The maximum Gasteiger partial charge on any atom is 0.178 e. The van der Waals surface area contributed by atoms with E-state index < -0.39 is 0 Å². The van der Waals surface area contributed by atoms with Crippen LogP contribution in [0.4, 0.5) is 0 Å². The summed E-state index contributed by atoms with van der Waals surface area (Å²) in [6, 6.07) is 0. The van der Waals surface area contributed by atoms with E-state index in [2.05, 4.69) is 19.9 Å². The molecule has 0 N–H and O–H groups in total. The monoisotopic (exact) mass is 324 g/mol. The van der Waals surface area contributed by atoms with Crippen LogP contribution in [0.2, 0.25) is 0 Å². The van der Waals surface area contributed by atoms with Crippen LogP contribution in [0, 0.1) is 34.0 Å². The van der Waals surface area contributed by atoms with Gasteiger partial charge in [-0.25, -0.2) is 0 Å². The minimum absolute atomic E-state index is 0.0397. The second-order valence-electron chi connectivity index (χ2n) is 9.60. The molecule has 0 aromatic heterocycles. The Morgan fingerprint density at radius 1 is 0.958 bits per heavy atom. The van der Waals surface area contributed by atoms with Gasteiger partial charge in [0.25, 0.3) is 0 Å². The van der Waals surface area contributed by atoms with E-state index in [0.717, 1.165) is 31.6 Å². The number of hydrogen-bond donors (Lipinski definition) is 0. The van der Waals surface area contributed by atoms with Gasteiger partial charge in [-0.1, -0.05) is 25.5 Å². The Kier molecular flexibility index (Phi) is 2.84. The number of allylic oxidation sites excluding steroid dienone is 4. The molecule has 0 heterocycles. The molecule has 4 saturated carbocycles. The fourth-order valence-corrected chi connectivity index (χ4v) is 7.73. The third kappa shape index (κ3) is 1.54. The van der Waals surface area contributed by atoms with E-state index in [4.69, 9.17) is 0 Å². The van der Waals surface area contributed by atoms with Gasteiger partial charge < -0.3 is 0 Å². The summed E-state index contributed by atoms with van der Waals surface area (Å²) in [6.07, 6.45) is 15.0. The number of Topliss-reactive ketones (excluding diaryl/α,β-unsaturated/α-hetero) is 1. The zero-order valence-corrected chi connectivity index (χ0v) is 14.9. The van der Waals surface area contributed by atoms with Crippen molar-refractivity contribution in [1.29, 1.82) is 0 Å². The predicted octanol–water partition coefficient (Wildman–Crippen LogP) is 4.64. The number of hydrogen-bond acceptors (Lipinski definition) is 2. The lowest BCUT2D eigenvalue weighted by Gasteiger charge is -2.60. The molecule has 24 heavy (non-hydrogen) atoms. The quantitative estimate of drug-likeness (QED) is 0.650. The maximum absolute atomic E-state index is 12.5. The lowest BCUT2D eigenvalue weighted by atomic mass is 9.43. The average Bonchev–Trinajstić information content (AvgIpc) is 2.89. The molecule has 0 aliphatic heterocycles. The Morgan fingerprint density at radius 2 is 1.75 bits per heavy atom. The lowest BCUT2D eigenvalue weighted by Crippen LogP contribution is -2.56. The molecule has 0 aromatic carbocycles. The van der Waals surface area contributed by atoms with Crippen molar-refractivity contribution < 1.29 is 9.59 Å². The molecule has 128 valence electrons. The maximum atomic E-state index is 12.5. The molecule has 5 aliphatic rings. The fraction of sp³-hybridized carbons (Fsp3) is 0.727. The van der Waals surface area contributed by atoms with Crippen molar-refractivity contribution in [2.45, 2.75) is 65.2 Å². The minimum atomic E-state index is 0.0397. The summed E-state index contributed by atoms with van der Waals surface area (Å²) in [5.74, 6) is 2.84. The van der Waals surface area contributed by atoms with E-state index in [1.54, 1.807) is 6.08 Å². The van der Waals surface area contributed by atoms with Crippen LogP contribution in [0.3, 0.4) is 0 Å². The Balaban J connectivity index is 1.52. The number of carbonyl (C=O) groups is 2. The summed E-state index contributed by atoms with van der Waals surface area (Å²) >= 11 is 0. The van der Waals surface area contributed by atoms with E-state index in [0.29, 0.717) is 17.6 Å². The van der Waals surface area contributed by atoms with Gasteiger partial charge in [0.05, 0.1) is 0 Å². The first-order valence-electron chi connectivity index (χ1n) is 9.88. The first kappa shape index (κ1) is 15.1. The molecule has 0 unspecified atom stereocenters. The summed E-state index contributed by atoms with van der Waals surface area (Å²) in [5.41, 5.74) is 1.73. The molecule has 6 atom stereocenters. The molecule has 0 amide bonds. The molecule has 2 nitrogen and oxygen atoms in total. The van der Waals surface area contributed by atoms with Gasteiger partial charge >= 0.3 is 0 Å². The van der Waals surface area contributed by atoms with Gasteiger partial charge in [0.15, 0.2) is 5.78 Å². The van der Waals surface area contributed by atoms with Crippen molar-refractivity contribution in [2.75, 3.05) is 0 Å². The van der Waals surface area contributed by atoms with Gasteiger partial charge in [-0.3, -0.25) is 9.59 Å². The number of carbonyl (C=O) groups excluding carboxylic acids is 2. The van der Waals surface area contributed by atoms with Crippen LogP contribution in [0.5, 0.6) is 0 Å². The first-order valence-corrected chi connectivity index (χ1v) is 9.88. The first-order chi connectivity index (χ1) is 11.4. The van der Waals surface area contributed by atoms with Crippen LogP contribution < -0.4 is 0 Å². The average molecular weight is 324 g/mol. The van der Waals surface area contributed by atoms with Crippen LogP contribution >= 0.6 is 0 Å². The van der Waals surface area contributed by atoms with Gasteiger partial charge in [0.2, 0.25) is 0 Å². The highest BCUT2D eigenvalue weighted by atomic mass is 16.1.